The first kappa shape index (κ1) is 30.3. The summed E-state index contributed by atoms with van der Waals surface area (Å²) in [5, 5.41) is 6.35. The van der Waals surface area contributed by atoms with Gasteiger partial charge in [-0.25, -0.2) is 15.0 Å². The number of rotatable bonds is 5. The van der Waals surface area contributed by atoms with E-state index in [0.717, 1.165) is 93.6 Å². The molecule has 252 valence electrons. The van der Waals surface area contributed by atoms with E-state index in [1.807, 2.05) is 36.4 Å². The third-order valence-corrected chi connectivity index (χ3v) is 10.4. The van der Waals surface area contributed by atoms with E-state index in [-0.39, 0.29) is 0 Å². The fourth-order valence-corrected chi connectivity index (χ4v) is 7.76. The van der Waals surface area contributed by atoms with Gasteiger partial charge in [0.05, 0.1) is 0 Å². The van der Waals surface area contributed by atoms with Crippen molar-refractivity contribution in [2.45, 2.75) is 0 Å². The molecule has 0 spiro atoms. The molecular formula is C49H29N3O2. The summed E-state index contributed by atoms with van der Waals surface area (Å²) in [6.07, 6.45) is 0. The van der Waals surface area contributed by atoms with Gasteiger partial charge in [0.1, 0.15) is 22.3 Å². The molecule has 5 nitrogen and oxygen atoms in total. The molecule has 0 N–H and O–H groups in total. The van der Waals surface area contributed by atoms with Crippen molar-refractivity contribution in [2.75, 3.05) is 0 Å². The van der Waals surface area contributed by atoms with Crippen LogP contribution in [-0.2, 0) is 0 Å². The van der Waals surface area contributed by atoms with Crippen LogP contribution in [0.1, 0.15) is 0 Å². The van der Waals surface area contributed by atoms with Gasteiger partial charge in [-0.15, -0.1) is 0 Å². The number of benzene rings is 8. The van der Waals surface area contributed by atoms with Gasteiger partial charge < -0.3 is 8.83 Å². The fourth-order valence-electron chi connectivity index (χ4n) is 7.76. The lowest BCUT2D eigenvalue weighted by molar-refractivity contribution is 0.669. The van der Waals surface area contributed by atoms with Crippen LogP contribution in [0, 0.1) is 0 Å². The molecule has 0 saturated carbocycles. The lowest BCUT2D eigenvalue weighted by Crippen LogP contribution is -2.00. The summed E-state index contributed by atoms with van der Waals surface area (Å²) < 4.78 is 12.9. The van der Waals surface area contributed by atoms with Crippen LogP contribution in [0.2, 0.25) is 0 Å². The minimum atomic E-state index is 0.576. The summed E-state index contributed by atoms with van der Waals surface area (Å²) in [6.45, 7) is 0. The minimum Gasteiger partial charge on any atom is -0.456 e. The molecule has 8 aromatic carbocycles. The highest BCUT2D eigenvalue weighted by Crippen LogP contribution is 2.41. The van der Waals surface area contributed by atoms with E-state index in [2.05, 4.69) is 140 Å². The van der Waals surface area contributed by atoms with Crippen LogP contribution in [0.4, 0.5) is 0 Å². The lowest BCUT2D eigenvalue weighted by atomic mass is 10.00. The van der Waals surface area contributed by atoms with E-state index >= 15 is 0 Å². The maximum atomic E-state index is 6.62. The molecule has 0 saturated heterocycles. The highest BCUT2D eigenvalue weighted by molar-refractivity contribution is 6.19. The van der Waals surface area contributed by atoms with Crippen molar-refractivity contribution in [2.24, 2.45) is 0 Å². The van der Waals surface area contributed by atoms with Gasteiger partial charge in [0.15, 0.2) is 17.5 Å². The summed E-state index contributed by atoms with van der Waals surface area (Å²) >= 11 is 0. The highest BCUT2D eigenvalue weighted by atomic mass is 16.3. The van der Waals surface area contributed by atoms with Crippen LogP contribution in [0.15, 0.2) is 185 Å². The van der Waals surface area contributed by atoms with E-state index in [1.165, 1.54) is 0 Å². The smallest absolute Gasteiger partial charge is 0.164 e. The Bertz CT molecular complexity index is 3200. The molecule has 0 fully saturated rings. The summed E-state index contributed by atoms with van der Waals surface area (Å²) in [5.41, 5.74) is 10.4. The first-order valence-electron chi connectivity index (χ1n) is 18.0. The average molecular weight is 692 g/mol. The molecule has 11 aromatic rings. The number of nitrogens with zero attached hydrogens (tertiary/aromatic N) is 3. The molecule has 0 aliphatic rings. The van der Waals surface area contributed by atoms with Crippen molar-refractivity contribution in [3.8, 4) is 56.4 Å². The van der Waals surface area contributed by atoms with Gasteiger partial charge in [0.2, 0.25) is 0 Å². The Morgan fingerprint density at radius 3 is 1.72 bits per heavy atom. The van der Waals surface area contributed by atoms with Gasteiger partial charge in [-0.3, -0.25) is 0 Å². The molecule has 0 bridgehead atoms. The monoisotopic (exact) mass is 691 g/mol. The molecule has 0 aliphatic carbocycles. The summed E-state index contributed by atoms with van der Waals surface area (Å²) in [6, 6.07) is 60.3. The van der Waals surface area contributed by atoms with Gasteiger partial charge in [-0.05, 0) is 51.7 Å². The van der Waals surface area contributed by atoms with Crippen molar-refractivity contribution in [3.05, 3.63) is 176 Å². The second-order valence-electron chi connectivity index (χ2n) is 13.6. The molecule has 0 amide bonds. The van der Waals surface area contributed by atoms with E-state index < -0.39 is 0 Å². The third-order valence-electron chi connectivity index (χ3n) is 10.4. The Kier molecular flexibility index (Phi) is 6.79. The second kappa shape index (κ2) is 12.1. The number of furan rings is 2. The van der Waals surface area contributed by atoms with E-state index in [1.54, 1.807) is 0 Å². The van der Waals surface area contributed by atoms with Crippen molar-refractivity contribution >= 4 is 54.6 Å². The standard InChI is InChI=1S/C49H29N3O2/c1-3-11-30(12-4-1)31-21-24-34(25-22-31)47-50-48(35-26-23-33-27-28-43-44(40(33)29-35)37-15-7-8-19-41(37)53-43)52-49(51-47)39-18-10-20-42-45(39)38-17-9-16-36(46(38)54-42)32-13-5-2-6-14-32/h1-29H. The van der Waals surface area contributed by atoms with Crippen molar-refractivity contribution in [1.29, 1.82) is 0 Å². The average Bonchev–Trinajstić information content (AvgIpc) is 3.83. The van der Waals surface area contributed by atoms with Gasteiger partial charge in [0.25, 0.3) is 0 Å². The van der Waals surface area contributed by atoms with Crippen LogP contribution in [0.25, 0.3) is 111 Å². The van der Waals surface area contributed by atoms with Crippen molar-refractivity contribution in [3.63, 3.8) is 0 Å². The predicted molar refractivity (Wildman–Crippen MR) is 219 cm³/mol. The van der Waals surface area contributed by atoms with Gasteiger partial charge in [-0.1, -0.05) is 152 Å². The molecule has 0 aliphatic heterocycles. The molecule has 0 radical (unpaired) electrons. The molecular weight excluding hydrogens is 663 g/mol. The summed E-state index contributed by atoms with van der Waals surface area (Å²) in [7, 11) is 0. The first-order valence-corrected chi connectivity index (χ1v) is 18.0. The van der Waals surface area contributed by atoms with Crippen molar-refractivity contribution in [1.82, 2.24) is 15.0 Å². The van der Waals surface area contributed by atoms with Crippen LogP contribution >= 0.6 is 0 Å². The Morgan fingerprint density at radius 2 is 0.889 bits per heavy atom. The Balaban J connectivity index is 1.14. The minimum absolute atomic E-state index is 0.576. The highest BCUT2D eigenvalue weighted by Gasteiger charge is 2.20. The maximum Gasteiger partial charge on any atom is 0.164 e. The van der Waals surface area contributed by atoms with Gasteiger partial charge in [-0.2, -0.15) is 0 Å². The molecule has 5 heteroatoms. The Labute approximate surface area is 309 Å². The zero-order valence-corrected chi connectivity index (χ0v) is 28.9. The summed E-state index contributed by atoms with van der Waals surface area (Å²) in [5.74, 6) is 1.76. The van der Waals surface area contributed by atoms with Crippen molar-refractivity contribution < 1.29 is 8.83 Å². The van der Waals surface area contributed by atoms with E-state index in [0.29, 0.717) is 17.5 Å². The van der Waals surface area contributed by atoms with Crippen LogP contribution in [0.3, 0.4) is 0 Å². The van der Waals surface area contributed by atoms with Gasteiger partial charge in [0, 0.05) is 43.8 Å². The number of hydrogen-bond donors (Lipinski definition) is 0. The molecule has 3 heterocycles. The zero-order valence-electron chi connectivity index (χ0n) is 28.9. The van der Waals surface area contributed by atoms with Gasteiger partial charge >= 0.3 is 0 Å². The van der Waals surface area contributed by atoms with Crippen LogP contribution in [-0.4, -0.2) is 15.0 Å². The van der Waals surface area contributed by atoms with Crippen LogP contribution < -0.4 is 0 Å². The normalized spacial score (nSPS) is 11.7. The van der Waals surface area contributed by atoms with E-state index in [9.17, 15) is 0 Å². The second-order valence-corrected chi connectivity index (χ2v) is 13.6. The third kappa shape index (κ3) is 4.90. The number of hydrogen-bond acceptors (Lipinski definition) is 5. The largest absolute Gasteiger partial charge is 0.456 e. The van der Waals surface area contributed by atoms with Crippen LogP contribution in [0.5, 0.6) is 0 Å². The predicted octanol–water partition coefficient (Wildman–Crippen LogP) is 13.2. The number of aromatic nitrogens is 3. The molecule has 11 rings (SSSR count). The molecule has 54 heavy (non-hydrogen) atoms. The van der Waals surface area contributed by atoms with E-state index in [4.69, 9.17) is 23.8 Å². The molecule has 3 aromatic heterocycles. The topological polar surface area (TPSA) is 65.0 Å². The molecule has 0 atom stereocenters. The fraction of sp³-hybridized carbons (Fsp3) is 0. The number of para-hydroxylation sites is 2. The quantitative estimate of drug-likeness (QED) is 0.180. The Hall–Kier alpha value is -7.37. The molecule has 0 unspecified atom stereocenters. The SMILES string of the molecule is c1ccc(-c2ccc(-c3nc(-c4ccc5ccc6oc7ccccc7c6c5c4)nc(-c4cccc5oc6c(-c7ccccc7)cccc6c45)n3)cc2)cc1. The lowest BCUT2D eigenvalue weighted by Gasteiger charge is -2.11. The maximum absolute atomic E-state index is 6.62. The first-order chi connectivity index (χ1) is 26.7. The summed E-state index contributed by atoms with van der Waals surface area (Å²) in [4.78, 5) is 15.6. The number of fused-ring (bicyclic) bond motifs is 8. The Morgan fingerprint density at radius 1 is 0.315 bits per heavy atom. The zero-order chi connectivity index (χ0) is 35.6.